The van der Waals surface area contributed by atoms with Crippen LogP contribution < -0.4 is 10.9 Å². The Hall–Kier alpha value is -0.770. The van der Waals surface area contributed by atoms with Gasteiger partial charge in [0, 0.05) is 6.54 Å². The SMILES string of the molecule is CCCCCCCCCNNC(=O)OC(C)(C)C. The van der Waals surface area contributed by atoms with Gasteiger partial charge in [0.1, 0.15) is 5.60 Å². The molecule has 0 aromatic carbocycles. The van der Waals surface area contributed by atoms with Crippen LogP contribution in [0.15, 0.2) is 0 Å². The van der Waals surface area contributed by atoms with Crippen molar-refractivity contribution in [3.05, 3.63) is 0 Å². The number of amides is 1. The van der Waals surface area contributed by atoms with Crippen LogP contribution in [-0.2, 0) is 4.74 Å². The molecule has 0 bridgehead atoms. The van der Waals surface area contributed by atoms with E-state index in [1.54, 1.807) is 0 Å². The van der Waals surface area contributed by atoms with Crippen molar-refractivity contribution < 1.29 is 9.53 Å². The summed E-state index contributed by atoms with van der Waals surface area (Å²) in [4.78, 5) is 11.3. The third kappa shape index (κ3) is 13.3. The van der Waals surface area contributed by atoms with Crippen molar-refractivity contribution in [2.75, 3.05) is 6.54 Å². The van der Waals surface area contributed by atoms with Gasteiger partial charge in [0.25, 0.3) is 0 Å². The second-order valence-corrected chi connectivity index (χ2v) is 5.67. The average molecular weight is 258 g/mol. The summed E-state index contributed by atoms with van der Waals surface area (Å²) in [6.45, 7) is 8.58. The van der Waals surface area contributed by atoms with E-state index in [4.69, 9.17) is 4.74 Å². The van der Waals surface area contributed by atoms with Crippen LogP contribution in [0.2, 0.25) is 0 Å². The molecule has 108 valence electrons. The van der Waals surface area contributed by atoms with E-state index < -0.39 is 11.7 Å². The van der Waals surface area contributed by atoms with Crippen LogP contribution >= 0.6 is 0 Å². The molecule has 4 nitrogen and oxygen atoms in total. The van der Waals surface area contributed by atoms with Crippen LogP contribution in [0.3, 0.4) is 0 Å². The van der Waals surface area contributed by atoms with E-state index in [0.29, 0.717) is 0 Å². The summed E-state index contributed by atoms with van der Waals surface area (Å²) in [5.74, 6) is 0. The Morgan fingerprint density at radius 1 is 1.00 bits per heavy atom. The summed E-state index contributed by atoms with van der Waals surface area (Å²) in [6.07, 6.45) is 8.49. The molecule has 0 saturated heterocycles. The molecule has 0 aliphatic carbocycles. The van der Waals surface area contributed by atoms with Gasteiger partial charge in [0.15, 0.2) is 0 Å². The number of hydrogen-bond acceptors (Lipinski definition) is 3. The molecule has 2 N–H and O–H groups in total. The highest BCUT2D eigenvalue weighted by Gasteiger charge is 2.15. The van der Waals surface area contributed by atoms with Gasteiger partial charge in [0.05, 0.1) is 0 Å². The minimum atomic E-state index is -0.439. The second kappa shape index (κ2) is 10.2. The van der Waals surface area contributed by atoms with Crippen LogP contribution in [0.4, 0.5) is 4.79 Å². The Bertz CT molecular complexity index is 212. The molecule has 4 heteroatoms. The molecule has 0 aromatic rings. The topological polar surface area (TPSA) is 50.4 Å². The predicted molar refractivity (Wildman–Crippen MR) is 75.4 cm³/mol. The quantitative estimate of drug-likeness (QED) is 0.489. The number of hydrogen-bond donors (Lipinski definition) is 2. The zero-order valence-corrected chi connectivity index (χ0v) is 12.5. The van der Waals surface area contributed by atoms with Crippen molar-refractivity contribution >= 4 is 6.09 Å². The second-order valence-electron chi connectivity index (χ2n) is 5.67. The van der Waals surface area contributed by atoms with Gasteiger partial charge >= 0.3 is 6.09 Å². The van der Waals surface area contributed by atoms with Crippen molar-refractivity contribution in [2.45, 2.75) is 78.2 Å². The summed E-state index contributed by atoms with van der Waals surface area (Å²) in [5, 5.41) is 0. The van der Waals surface area contributed by atoms with Gasteiger partial charge in [-0.15, -0.1) is 0 Å². The Balaban J connectivity index is 3.23. The maximum atomic E-state index is 11.3. The predicted octanol–water partition coefficient (Wildman–Crippen LogP) is 3.77. The van der Waals surface area contributed by atoms with Crippen LogP contribution in [-0.4, -0.2) is 18.2 Å². The van der Waals surface area contributed by atoms with Crippen LogP contribution in [0.5, 0.6) is 0 Å². The molecule has 0 rings (SSSR count). The molecule has 0 aliphatic rings. The molecule has 0 spiro atoms. The highest BCUT2D eigenvalue weighted by Crippen LogP contribution is 2.07. The fourth-order valence-corrected chi connectivity index (χ4v) is 1.61. The third-order valence-corrected chi connectivity index (χ3v) is 2.49. The van der Waals surface area contributed by atoms with Crippen molar-refractivity contribution in [3.8, 4) is 0 Å². The molecular formula is C14H30N2O2. The highest BCUT2D eigenvalue weighted by atomic mass is 16.6. The Labute approximate surface area is 112 Å². The molecule has 0 aliphatic heterocycles. The first-order valence-corrected chi connectivity index (χ1v) is 7.17. The van der Waals surface area contributed by atoms with Gasteiger partial charge in [-0.25, -0.2) is 10.2 Å². The number of ether oxygens (including phenoxy) is 1. The molecule has 18 heavy (non-hydrogen) atoms. The number of unbranched alkanes of at least 4 members (excludes halogenated alkanes) is 6. The third-order valence-electron chi connectivity index (χ3n) is 2.49. The van der Waals surface area contributed by atoms with Gasteiger partial charge in [-0.1, -0.05) is 45.4 Å². The lowest BCUT2D eigenvalue weighted by Crippen LogP contribution is -2.41. The molecule has 0 unspecified atom stereocenters. The number of nitrogens with one attached hydrogen (secondary N) is 2. The average Bonchev–Trinajstić information content (AvgIpc) is 2.24. The number of rotatable bonds is 9. The summed E-state index contributed by atoms with van der Waals surface area (Å²) in [5.41, 5.74) is 4.99. The largest absolute Gasteiger partial charge is 0.443 e. The molecular weight excluding hydrogens is 228 g/mol. The maximum Gasteiger partial charge on any atom is 0.422 e. The van der Waals surface area contributed by atoms with Crippen molar-refractivity contribution in [1.82, 2.24) is 10.9 Å². The molecule has 0 atom stereocenters. The molecule has 0 radical (unpaired) electrons. The Morgan fingerprint density at radius 3 is 2.11 bits per heavy atom. The van der Waals surface area contributed by atoms with Crippen LogP contribution in [0, 0.1) is 0 Å². The van der Waals surface area contributed by atoms with E-state index in [1.165, 1.54) is 38.5 Å². The van der Waals surface area contributed by atoms with Crippen molar-refractivity contribution in [1.29, 1.82) is 0 Å². The summed E-state index contributed by atoms with van der Waals surface area (Å²) < 4.78 is 5.10. The zero-order valence-electron chi connectivity index (χ0n) is 12.5. The van der Waals surface area contributed by atoms with E-state index >= 15 is 0 Å². The lowest BCUT2D eigenvalue weighted by molar-refractivity contribution is 0.0498. The first-order chi connectivity index (χ1) is 8.45. The number of carbonyl (C=O) groups excluding carboxylic acids is 1. The fraction of sp³-hybridized carbons (Fsp3) is 0.929. The van der Waals surface area contributed by atoms with E-state index in [1.807, 2.05) is 20.8 Å². The molecule has 0 heterocycles. The summed E-state index contributed by atoms with van der Waals surface area (Å²) in [7, 11) is 0. The Kier molecular flexibility index (Phi) is 9.74. The van der Waals surface area contributed by atoms with E-state index in [9.17, 15) is 4.79 Å². The number of carbonyl (C=O) groups is 1. The monoisotopic (exact) mass is 258 g/mol. The summed E-state index contributed by atoms with van der Waals surface area (Å²) >= 11 is 0. The fourth-order valence-electron chi connectivity index (χ4n) is 1.61. The van der Waals surface area contributed by atoms with Crippen molar-refractivity contribution in [2.24, 2.45) is 0 Å². The normalized spacial score (nSPS) is 11.3. The van der Waals surface area contributed by atoms with Gasteiger partial charge in [0.2, 0.25) is 0 Å². The lowest BCUT2D eigenvalue weighted by atomic mass is 10.1. The van der Waals surface area contributed by atoms with Crippen molar-refractivity contribution in [3.63, 3.8) is 0 Å². The first-order valence-electron chi connectivity index (χ1n) is 7.17. The molecule has 0 saturated carbocycles. The Morgan fingerprint density at radius 2 is 1.56 bits per heavy atom. The molecule has 0 aromatic heterocycles. The van der Waals surface area contributed by atoms with E-state index in [2.05, 4.69) is 17.8 Å². The smallest absolute Gasteiger partial charge is 0.422 e. The first kappa shape index (κ1) is 17.2. The maximum absolute atomic E-state index is 11.3. The molecule has 1 amide bonds. The standard InChI is InChI=1S/C14H30N2O2/c1-5-6-7-8-9-10-11-12-15-16-13(17)18-14(2,3)4/h15H,5-12H2,1-4H3,(H,16,17). The van der Waals surface area contributed by atoms with E-state index in [-0.39, 0.29) is 0 Å². The van der Waals surface area contributed by atoms with Gasteiger partial charge in [-0.3, -0.25) is 5.43 Å². The van der Waals surface area contributed by atoms with E-state index in [0.717, 1.165) is 13.0 Å². The minimum absolute atomic E-state index is 0.412. The number of hydrazine groups is 1. The van der Waals surface area contributed by atoms with Gasteiger partial charge in [-0.05, 0) is 27.2 Å². The molecule has 0 fully saturated rings. The minimum Gasteiger partial charge on any atom is -0.443 e. The van der Waals surface area contributed by atoms with Gasteiger partial charge in [-0.2, -0.15) is 0 Å². The highest BCUT2D eigenvalue weighted by molar-refractivity contribution is 5.66. The van der Waals surface area contributed by atoms with Gasteiger partial charge < -0.3 is 4.74 Å². The zero-order chi connectivity index (χ0) is 13.9. The lowest BCUT2D eigenvalue weighted by Gasteiger charge is -2.19. The van der Waals surface area contributed by atoms with Crippen LogP contribution in [0.1, 0.15) is 72.6 Å². The summed E-state index contributed by atoms with van der Waals surface area (Å²) in [6, 6.07) is 0. The van der Waals surface area contributed by atoms with Crippen LogP contribution in [0.25, 0.3) is 0 Å².